The minimum atomic E-state index is -0.961. The van der Waals surface area contributed by atoms with E-state index in [9.17, 15) is 14.3 Å². The van der Waals surface area contributed by atoms with Crippen LogP contribution < -0.4 is 10.1 Å². The average Bonchev–Trinajstić information content (AvgIpc) is 2.61. The molecule has 0 fully saturated rings. The van der Waals surface area contributed by atoms with Gasteiger partial charge in [-0.05, 0) is 88.0 Å². The molecule has 0 spiro atoms. The van der Waals surface area contributed by atoms with E-state index in [4.69, 9.17) is 4.74 Å². The predicted molar refractivity (Wildman–Crippen MR) is 109 cm³/mol. The van der Waals surface area contributed by atoms with E-state index in [-0.39, 0.29) is 4.47 Å². The van der Waals surface area contributed by atoms with Crippen molar-refractivity contribution in [3.05, 3.63) is 61.8 Å². The third kappa shape index (κ3) is 3.91. The highest BCUT2D eigenvalue weighted by molar-refractivity contribution is 9.10. The normalized spacial score (nSPS) is 20.6. The number of rotatable bonds is 3. The molecule has 2 N–H and O–H groups in total. The molecule has 27 heavy (non-hydrogen) atoms. The van der Waals surface area contributed by atoms with Gasteiger partial charge in [0.25, 0.3) is 5.91 Å². The number of fused-ring (bicyclic) bond motifs is 1. The van der Waals surface area contributed by atoms with E-state index in [0.29, 0.717) is 16.9 Å². The largest absolute Gasteiger partial charge is 0.484 e. The summed E-state index contributed by atoms with van der Waals surface area (Å²) in [6, 6.07) is 7.30. The SMILES string of the molecule is CCc1cc(Br)c2c(c1)[C@@H](NC(=O)c1ccc(F)c(Br)c1)[C@H](O)C(C)(C)O2. The van der Waals surface area contributed by atoms with Gasteiger partial charge in [0, 0.05) is 11.1 Å². The first kappa shape index (κ1) is 20.3. The molecule has 7 heteroatoms. The van der Waals surface area contributed by atoms with Gasteiger partial charge in [-0.1, -0.05) is 6.92 Å². The molecule has 3 rings (SSSR count). The predicted octanol–water partition coefficient (Wildman–Crippen LogP) is 4.92. The van der Waals surface area contributed by atoms with E-state index in [0.717, 1.165) is 16.5 Å². The minimum Gasteiger partial charge on any atom is -0.484 e. The summed E-state index contributed by atoms with van der Waals surface area (Å²) in [6.45, 7) is 5.57. The molecule has 0 saturated heterocycles. The highest BCUT2D eigenvalue weighted by Gasteiger charge is 2.44. The number of carbonyl (C=O) groups excluding carboxylic acids is 1. The van der Waals surface area contributed by atoms with Crippen molar-refractivity contribution in [2.24, 2.45) is 0 Å². The van der Waals surface area contributed by atoms with Crippen molar-refractivity contribution in [1.82, 2.24) is 5.32 Å². The van der Waals surface area contributed by atoms with Crippen molar-refractivity contribution in [3.63, 3.8) is 0 Å². The van der Waals surface area contributed by atoms with Crippen LogP contribution in [0.15, 0.2) is 39.3 Å². The van der Waals surface area contributed by atoms with Gasteiger partial charge in [-0.25, -0.2) is 4.39 Å². The van der Waals surface area contributed by atoms with Gasteiger partial charge in [0.05, 0.1) is 15.0 Å². The molecule has 2 aromatic carbocycles. The van der Waals surface area contributed by atoms with E-state index in [1.165, 1.54) is 18.2 Å². The second-order valence-corrected chi connectivity index (χ2v) is 8.79. The summed E-state index contributed by atoms with van der Waals surface area (Å²) >= 11 is 6.63. The molecule has 4 nitrogen and oxygen atoms in total. The molecule has 144 valence electrons. The molecular formula is C20H20Br2FNO3. The molecular weight excluding hydrogens is 481 g/mol. The number of hydrogen-bond donors (Lipinski definition) is 2. The zero-order chi connectivity index (χ0) is 19.9. The summed E-state index contributed by atoms with van der Waals surface area (Å²) in [5.74, 6) is -0.241. The second kappa shape index (κ2) is 7.53. The van der Waals surface area contributed by atoms with E-state index < -0.39 is 29.5 Å². The molecule has 1 aliphatic rings. The second-order valence-electron chi connectivity index (χ2n) is 7.08. The Hall–Kier alpha value is -1.44. The number of nitrogens with one attached hydrogen (secondary N) is 1. The maximum atomic E-state index is 13.5. The molecule has 0 unspecified atom stereocenters. The molecule has 0 aromatic heterocycles. The molecule has 0 bridgehead atoms. The number of ether oxygens (including phenoxy) is 1. The maximum absolute atomic E-state index is 13.5. The fourth-order valence-electron chi connectivity index (χ4n) is 3.13. The van der Waals surface area contributed by atoms with Crippen LogP contribution in [0.25, 0.3) is 0 Å². The van der Waals surface area contributed by atoms with Crippen LogP contribution in [0, 0.1) is 5.82 Å². The van der Waals surface area contributed by atoms with Crippen LogP contribution in [0.2, 0.25) is 0 Å². The summed E-state index contributed by atoms with van der Waals surface area (Å²) < 4.78 is 20.5. The van der Waals surface area contributed by atoms with Crippen molar-refractivity contribution in [1.29, 1.82) is 0 Å². The van der Waals surface area contributed by atoms with Crippen LogP contribution in [-0.4, -0.2) is 22.7 Å². The quantitative estimate of drug-likeness (QED) is 0.629. The van der Waals surface area contributed by atoms with Gasteiger partial charge < -0.3 is 15.2 Å². The lowest BCUT2D eigenvalue weighted by Crippen LogP contribution is -2.53. The Bertz CT molecular complexity index is 901. The lowest BCUT2D eigenvalue weighted by atomic mass is 9.85. The summed E-state index contributed by atoms with van der Waals surface area (Å²) in [6.07, 6.45) is -0.159. The fourth-order valence-corrected chi connectivity index (χ4v) is 4.11. The summed E-state index contributed by atoms with van der Waals surface area (Å²) in [7, 11) is 0. The first-order chi connectivity index (χ1) is 12.6. The molecule has 0 saturated carbocycles. The summed E-state index contributed by atoms with van der Waals surface area (Å²) in [5, 5.41) is 13.8. The van der Waals surface area contributed by atoms with Crippen LogP contribution in [0.5, 0.6) is 5.75 Å². The van der Waals surface area contributed by atoms with Crippen LogP contribution in [0.3, 0.4) is 0 Å². The number of carbonyl (C=O) groups is 1. The van der Waals surface area contributed by atoms with Gasteiger partial charge in [0.2, 0.25) is 0 Å². The smallest absolute Gasteiger partial charge is 0.251 e. The maximum Gasteiger partial charge on any atom is 0.251 e. The van der Waals surface area contributed by atoms with Crippen molar-refractivity contribution < 1.29 is 19.0 Å². The van der Waals surface area contributed by atoms with Crippen LogP contribution in [0.1, 0.15) is 48.3 Å². The number of benzene rings is 2. The Morgan fingerprint density at radius 3 is 2.59 bits per heavy atom. The van der Waals surface area contributed by atoms with Crippen molar-refractivity contribution in [3.8, 4) is 5.75 Å². The third-order valence-corrected chi connectivity index (χ3v) is 5.93. The Morgan fingerprint density at radius 1 is 1.26 bits per heavy atom. The molecule has 1 aliphatic heterocycles. The third-order valence-electron chi connectivity index (χ3n) is 4.74. The van der Waals surface area contributed by atoms with Gasteiger partial charge in [0.1, 0.15) is 23.3 Å². The Kier molecular flexibility index (Phi) is 5.66. The number of hydrogen-bond acceptors (Lipinski definition) is 3. The van der Waals surface area contributed by atoms with E-state index >= 15 is 0 Å². The van der Waals surface area contributed by atoms with Gasteiger partial charge >= 0.3 is 0 Å². The Balaban J connectivity index is 2.02. The van der Waals surface area contributed by atoms with E-state index in [1.807, 2.05) is 19.1 Å². The minimum absolute atomic E-state index is 0.208. The first-order valence-electron chi connectivity index (χ1n) is 8.59. The zero-order valence-electron chi connectivity index (χ0n) is 15.1. The van der Waals surface area contributed by atoms with Crippen molar-refractivity contribution >= 4 is 37.8 Å². The molecule has 0 aliphatic carbocycles. The Morgan fingerprint density at radius 2 is 1.96 bits per heavy atom. The zero-order valence-corrected chi connectivity index (χ0v) is 18.3. The fraction of sp³-hybridized carbons (Fsp3) is 0.350. The lowest BCUT2D eigenvalue weighted by molar-refractivity contribution is -0.0632. The van der Waals surface area contributed by atoms with Gasteiger partial charge in [0.15, 0.2) is 0 Å². The lowest BCUT2D eigenvalue weighted by Gasteiger charge is -2.42. The monoisotopic (exact) mass is 499 g/mol. The number of halogens is 3. The number of aliphatic hydroxyl groups is 1. The molecule has 1 heterocycles. The van der Waals surface area contributed by atoms with Gasteiger partial charge in [-0.15, -0.1) is 0 Å². The molecule has 2 atom stereocenters. The number of amides is 1. The van der Waals surface area contributed by atoms with Crippen LogP contribution >= 0.6 is 31.9 Å². The van der Waals surface area contributed by atoms with Crippen LogP contribution in [-0.2, 0) is 6.42 Å². The van der Waals surface area contributed by atoms with Gasteiger partial charge in [-0.2, -0.15) is 0 Å². The standard InChI is InChI=1S/C20H20Br2FNO3/c1-4-10-7-12-16(18(25)20(2,3)27-17(12)14(22)8-10)24-19(26)11-5-6-15(23)13(21)9-11/h5-9,16,18,25H,4H2,1-3H3,(H,24,26)/t16-,18+/m1/s1. The first-order valence-corrected chi connectivity index (χ1v) is 10.2. The van der Waals surface area contributed by atoms with E-state index in [1.54, 1.807) is 13.8 Å². The number of aryl methyl sites for hydroxylation is 1. The summed E-state index contributed by atoms with van der Waals surface area (Å²) in [5.41, 5.74) is 1.17. The van der Waals surface area contributed by atoms with E-state index in [2.05, 4.69) is 37.2 Å². The average molecular weight is 501 g/mol. The number of aliphatic hydroxyl groups excluding tert-OH is 1. The van der Waals surface area contributed by atoms with Crippen molar-refractivity contribution in [2.45, 2.75) is 44.9 Å². The summed E-state index contributed by atoms with van der Waals surface area (Å²) in [4.78, 5) is 12.8. The topological polar surface area (TPSA) is 58.6 Å². The molecule has 2 aromatic rings. The highest BCUT2D eigenvalue weighted by Crippen LogP contribution is 2.44. The van der Waals surface area contributed by atoms with Gasteiger partial charge in [-0.3, -0.25) is 4.79 Å². The van der Waals surface area contributed by atoms with Crippen LogP contribution in [0.4, 0.5) is 4.39 Å². The highest BCUT2D eigenvalue weighted by atomic mass is 79.9. The molecule has 1 amide bonds. The molecule has 0 radical (unpaired) electrons. The Labute approximate surface area is 174 Å². The van der Waals surface area contributed by atoms with Crippen molar-refractivity contribution in [2.75, 3.05) is 0 Å².